The van der Waals surface area contributed by atoms with Crippen LogP contribution < -0.4 is 68.6 Å². The standard InChI is InChI=1S/C17H26N3S.CH3NO.K/c1-3-4-5-8-13-21-17(19)12-11-15(18)14-9-6-7-10-16(14)20-2;2-1-3;/h6-7,9-12H,3-5,8,13,18-19H2,1-2H3;1H,(H2,2,3);/q-1;;+1/b15-11-,17-12+;;. The summed E-state index contributed by atoms with van der Waals surface area (Å²) in [5.74, 6) is 1.07. The second-order valence-electron chi connectivity index (χ2n) is 4.98. The zero-order valence-corrected chi connectivity index (χ0v) is 19.5. The van der Waals surface area contributed by atoms with Crippen molar-refractivity contribution in [2.75, 3.05) is 12.8 Å². The van der Waals surface area contributed by atoms with Crippen molar-refractivity contribution in [2.45, 2.75) is 32.6 Å². The van der Waals surface area contributed by atoms with Crippen LogP contribution in [0.2, 0.25) is 0 Å². The number of primary amides is 1. The van der Waals surface area contributed by atoms with Gasteiger partial charge < -0.3 is 22.5 Å². The summed E-state index contributed by atoms with van der Waals surface area (Å²) in [4.78, 5) is 8.58. The summed E-state index contributed by atoms with van der Waals surface area (Å²) in [5, 5.41) is 5.02. The minimum absolute atomic E-state index is 0. The maximum Gasteiger partial charge on any atom is 1.00 e. The molecule has 1 rings (SSSR count). The van der Waals surface area contributed by atoms with Crippen molar-refractivity contribution in [1.82, 2.24) is 0 Å². The van der Waals surface area contributed by atoms with E-state index in [0.29, 0.717) is 5.70 Å². The third kappa shape index (κ3) is 13.4. The van der Waals surface area contributed by atoms with E-state index in [1.165, 1.54) is 25.7 Å². The van der Waals surface area contributed by atoms with E-state index in [-0.39, 0.29) is 57.8 Å². The largest absolute Gasteiger partial charge is 1.00 e. The summed E-state index contributed by atoms with van der Waals surface area (Å²) in [7, 11) is 1.77. The van der Waals surface area contributed by atoms with Crippen LogP contribution in [0.25, 0.3) is 11.0 Å². The summed E-state index contributed by atoms with van der Waals surface area (Å²) in [6.45, 7) is 2.22. The van der Waals surface area contributed by atoms with E-state index in [1.54, 1.807) is 18.8 Å². The first-order valence-corrected chi connectivity index (χ1v) is 8.99. The Bertz CT molecular complexity index is 536. The average molecular weight is 389 g/mol. The van der Waals surface area contributed by atoms with Crippen LogP contribution in [0.4, 0.5) is 5.69 Å². The van der Waals surface area contributed by atoms with Crippen LogP contribution in [0.15, 0.2) is 41.4 Å². The second kappa shape index (κ2) is 18.4. The van der Waals surface area contributed by atoms with Gasteiger partial charge in [0.15, 0.2) is 0 Å². The van der Waals surface area contributed by atoms with Crippen molar-refractivity contribution < 1.29 is 56.2 Å². The first-order chi connectivity index (χ1) is 11.6. The third-order valence-corrected chi connectivity index (χ3v) is 4.11. The molecule has 0 heterocycles. The molecule has 0 spiro atoms. The van der Waals surface area contributed by atoms with Crippen molar-refractivity contribution >= 4 is 29.6 Å². The van der Waals surface area contributed by atoms with E-state index in [9.17, 15) is 0 Å². The molecule has 7 heteroatoms. The maximum atomic E-state index is 8.58. The maximum absolute atomic E-state index is 8.58. The van der Waals surface area contributed by atoms with Gasteiger partial charge in [-0.3, -0.25) is 4.79 Å². The van der Waals surface area contributed by atoms with Crippen LogP contribution in [0.5, 0.6) is 0 Å². The molecular formula is C18H29KN4OS. The molecule has 0 aliphatic carbocycles. The Hall–Kier alpha value is -0.444. The summed E-state index contributed by atoms with van der Waals surface area (Å²) in [6.07, 6.45) is 9.04. The van der Waals surface area contributed by atoms with Gasteiger partial charge in [0.05, 0.1) is 5.03 Å². The monoisotopic (exact) mass is 388 g/mol. The van der Waals surface area contributed by atoms with Crippen LogP contribution in [0.3, 0.4) is 0 Å². The van der Waals surface area contributed by atoms with Gasteiger partial charge >= 0.3 is 51.4 Å². The molecule has 0 aliphatic heterocycles. The summed E-state index contributed by atoms with van der Waals surface area (Å²) in [5.41, 5.74) is 18.8. The molecule has 6 N–H and O–H groups in total. The third-order valence-electron chi connectivity index (χ3n) is 3.15. The Morgan fingerprint density at radius 3 is 2.40 bits per heavy atom. The van der Waals surface area contributed by atoms with Gasteiger partial charge in [0.25, 0.3) is 0 Å². The van der Waals surface area contributed by atoms with E-state index in [2.05, 4.69) is 18.0 Å². The predicted molar refractivity (Wildman–Crippen MR) is 107 cm³/mol. The first kappa shape index (κ1) is 26.8. The van der Waals surface area contributed by atoms with E-state index >= 15 is 0 Å². The molecule has 0 unspecified atom stereocenters. The van der Waals surface area contributed by atoms with Gasteiger partial charge in [0.1, 0.15) is 0 Å². The quantitative estimate of drug-likeness (QED) is 0.252. The molecule has 1 amide bonds. The average Bonchev–Trinajstić information content (AvgIpc) is 2.60. The molecule has 0 aromatic heterocycles. The smallest absolute Gasteiger partial charge is 0.686 e. The molecule has 0 atom stereocenters. The molecule has 0 aliphatic rings. The molecule has 0 radical (unpaired) electrons. The van der Waals surface area contributed by atoms with Crippen LogP contribution in [-0.2, 0) is 4.79 Å². The van der Waals surface area contributed by atoms with Crippen LogP contribution in [0.1, 0.15) is 38.2 Å². The first-order valence-electron chi connectivity index (χ1n) is 8.01. The van der Waals surface area contributed by atoms with Crippen molar-refractivity contribution in [3.8, 4) is 0 Å². The number of unbranched alkanes of at least 4 members (excludes halogenated alkanes) is 3. The number of amides is 1. The number of allylic oxidation sites excluding steroid dienone is 2. The fraction of sp³-hybridized carbons (Fsp3) is 0.389. The Kier molecular flexibility index (Phi) is 19.7. The van der Waals surface area contributed by atoms with Gasteiger partial charge in [-0.15, -0.1) is 24.5 Å². The predicted octanol–water partition coefficient (Wildman–Crippen LogP) is 0.840. The van der Waals surface area contributed by atoms with Crippen molar-refractivity contribution in [3.63, 3.8) is 0 Å². The number of rotatable bonds is 9. The molecule has 1 aromatic carbocycles. The number of para-hydroxylation sites is 1. The molecule has 1 aromatic rings. The topological polar surface area (TPSA) is 109 Å². The van der Waals surface area contributed by atoms with E-state index in [0.717, 1.165) is 22.0 Å². The van der Waals surface area contributed by atoms with Crippen molar-refractivity contribution in [2.24, 2.45) is 17.2 Å². The molecule has 134 valence electrons. The van der Waals surface area contributed by atoms with Gasteiger partial charge in [-0.25, -0.2) is 0 Å². The van der Waals surface area contributed by atoms with E-state index in [1.807, 2.05) is 36.4 Å². The fourth-order valence-electron chi connectivity index (χ4n) is 1.94. The van der Waals surface area contributed by atoms with E-state index < -0.39 is 0 Å². The number of nitrogens with zero attached hydrogens (tertiary/aromatic N) is 1. The SMILES string of the molecule is CCCCCCS/C(N)=C/C=C(\N)c1ccccc1[N-]C.NC=O.[K+]. The van der Waals surface area contributed by atoms with Gasteiger partial charge in [-0.1, -0.05) is 50.5 Å². The Labute approximate surface area is 198 Å². The van der Waals surface area contributed by atoms with Crippen molar-refractivity contribution in [3.05, 3.63) is 52.3 Å². The van der Waals surface area contributed by atoms with Crippen LogP contribution in [-0.4, -0.2) is 19.2 Å². The van der Waals surface area contributed by atoms with Gasteiger partial charge in [0.2, 0.25) is 6.41 Å². The zero-order valence-electron chi connectivity index (χ0n) is 15.6. The number of hydrogen-bond donors (Lipinski definition) is 3. The molecule has 0 fully saturated rings. The van der Waals surface area contributed by atoms with E-state index in [4.69, 9.17) is 16.3 Å². The fourth-order valence-corrected chi connectivity index (χ4v) is 2.69. The normalized spacial score (nSPS) is 11.0. The Morgan fingerprint density at radius 1 is 1.16 bits per heavy atom. The molecule has 0 bridgehead atoms. The van der Waals surface area contributed by atoms with Crippen LogP contribution in [0, 0.1) is 0 Å². The van der Waals surface area contributed by atoms with Crippen LogP contribution >= 0.6 is 11.8 Å². The Balaban J connectivity index is 0. The zero-order chi connectivity index (χ0) is 18.2. The summed E-state index contributed by atoms with van der Waals surface area (Å²) < 4.78 is 0. The number of benzene rings is 1. The minimum atomic E-state index is 0. The summed E-state index contributed by atoms with van der Waals surface area (Å²) in [6, 6.07) is 7.83. The van der Waals surface area contributed by atoms with Crippen molar-refractivity contribution in [1.29, 1.82) is 0 Å². The molecule has 25 heavy (non-hydrogen) atoms. The van der Waals surface area contributed by atoms with Gasteiger partial charge in [-0.05, 0) is 29.9 Å². The number of thioether (sulfide) groups is 1. The van der Waals surface area contributed by atoms with Gasteiger partial charge in [0, 0.05) is 5.70 Å². The summed E-state index contributed by atoms with van der Waals surface area (Å²) >= 11 is 1.69. The number of carbonyl (C=O) groups excluding carboxylic acids is 1. The molecule has 0 saturated heterocycles. The number of nitrogens with two attached hydrogens (primary N) is 3. The molecule has 5 nitrogen and oxygen atoms in total. The molecular weight excluding hydrogens is 359 g/mol. The number of hydrogen-bond acceptors (Lipinski definition) is 4. The minimum Gasteiger partial charge on any atom is -0.686 e. The van der Waals surface area contributed by atoms with Gasteiger partial charge in [-0.2, -0.15) is 0 Å². The molecule has 0 saturated carbocycles. The number of carbonyl (C=O) groups is 1. The second-order valence-corrected chi connectivity index (χ2v) is 6.15. The Morgan fingerprint density at radius 2 is 1.80 bits per heavy atom.